The number of esters is 1. The van der Waals surface area contributed by atoms with Crippen molar-refractivity contribution in [1.82, 2.24) is 4.90 Å². The molecule has 2 aliphatic rings. The molecule has 0 unspecified atom stereocenters. The number of nitro benzene ring substituents is 1. The van der Waals surface area contributed by atoms with Gasteiger partial charge in [-0.05, 0) is 30.5 Å². The second-order valence-corrected chi connectivity index (χ2v) is 7.16. The van der Waals surface area contributed by atoms with Crippen LogP contribution in [0, 0.1) is 15.5 Å². The van der Waals surface area contributed by atoms with Crippen molar-refractivity contribution in [2.45, 2.75) is 38.7 Å². The Hall–Kier alpha value is -2.48. The van der Waals surface area contributed by atoms with E-state index in [0.717, 1.165) is 12.8 Å². The Kier molecular flexibility index (Phi) is 6.05. The fourth-order valence-corrected chi connectivity index (χ4v) is 3.73. The normalized spacial score (nSPS) is 18.9. The summed E-state index contributed by atoms with van der Waals surface area (Å²) < 4.78 is 10.8. The highest BCUT2D eigenvalue weighted by molar-refractivity contribution is 5.86. The summed E-state index contributed by atoms with van der Waals surface area (Å²) in [5.74, 6) is -0.368. The largest absolute Gasteiger partial charge is 0.460 e. The molecule has 2 fully saturated rings. The number of carbonyl (C=O) groups excluding carboxylic acids is 2. The number of nitro groups is 1. The predicted octanol–water partition coefficient (Wildman–Crippen LogP) is 2.45. The quantitative estimate of drug-likeness (QED) is 0.430. The van der Waals surface area contributed by atoms with E-state index in [1.807, 2.05) is 0 Å². The van der Waals surface area contributed by atoms with Crippen LogP contribution in [0.1, 0.15) is 37.7 Å². The maximum Gasteiger partial charge on any atom is 0.312 e. The molecule has 0 bridgehead atoms. The van der Waals surface area contributed by atoms with Crippen LogP contribution in [-0.2, 0) is 25.7 Å². The number of nitrogens with zero attached hydrogens (tertiary/aromatic N) is 2. The van der Waals surface area contributed by atoms with Gasteiger partial charge in [0.05, 0.1) is 23.6 Å². The molecular weight excluding hydrogens is 352 g/mol. The number of carbonyl (C=O) groups is 2. The van der Waals surface area contributed by atoms with Crippen molar-refractivity contribution in [2.24, 2.45) is 5.41 Å². The summed E-state index contributed by atoms with van der Waals surface area (Å²) in [5.41, 5.74) is -0.0778. The van der Waals surface area contributed by atoms with Gasteiger partial charge in [0.15, 0.2) is 0 Å². The third-order valence-corrected chi connectivity index (χ3v) is 5.36. The Balaban J connectivity index is 1.60. The minimum atomic E-state index is -0.754. The molecule has 1 aromatic carbocycles. The fourth-order valence-electron chi connectivity index (χ4n) is 3.73. The number of ether oxygens (including phenoxy) is 2. The van der Waals surface area contributed by atoms with Gasteiger partial charge in [0.25, 0.3) is 5.69 Å². The highest BCUT2D eigenvalue weighted by atomic mass is 16.6. The van der Waals surface area contributed by atoms with Gasteiger partial charge in [-0.15, -0.1) is 0 Å². The van der Waals surface area contributed by atoms with Crippen LogP contribution in [0.3, 0.4) is 0 Å². The molecule has 1 aromatic rings. The lowest BCUT2D eigenvalue weighted by Crippen LogP contribution is -2.44. The van der Waals surface area contributed by atoms with Crippen LogP contribution in [0.25, 0.3) is 0 Å². The van der Waals surface area contributed by atoms with Gasteiger partial charge >= 0.3 is 5.97 Å². The van der Waals surface area contributed by atoms with Crippen molar-refractivity contribution in [3.05, 3.63) is 39.9 Å². The van der Waals surface area contributed by atoms with Crippen LogP contribution in [0.5, 0.6) is 0 Å². The van der Waals surface area contributed by atoms with Gasteiger partial charge in [-0.2, -0.15) is 0 Å². The Morgan fingerprint density at radius 1 is 1.15 bits per heavy atom. The Bertz CT molecular complexity index is 691. The number of rotatable bonds is 6. The molecule has 1 saturated heterocycles. The maximum atomic E-state index is 12.8. The molecule has 146 valence electrons. The van der Waals surface area contributed by atoms with Gasteiger partial charge in [0, 0.05) is 31.6 Å². The summed E-state index contributed by atoms with van der Waals surface area (Å²) in [4.78, 5) is 37.4. The van der Waals surface area contributed by atoms with E-state index < -0.39 is 10.3 Å². The van der Waals surface area contributed by atoms with Crippen LogP contribution < -0.4 is 0 Å². The van der Waals surface area contributed by atoms with E-state index in [-0.39, 0.29) is 30.6 Å². The summed E-state index contributed by atoms with van der Waals surface area (Å²) in [6.07, 6.45) is 3.29. The summed E-state index contributed by atoms with van der Waals surface area (Å²) in [6, 6.07) is 5.92. The van der Waals surface area contributed by atoms with E-state index in [0.29, 0.717) is 44.7 Å². The molecule has 1 saturated carbocycles. The van der Waals surface area contributed by atoms with Crippen molar-refractivity contribution in [1.29, 1.82) is 0 Å². The van der Waals surface area contributed by atoms with E-state index in [1.54, 1.807) is 17.0 Å². The van der Waals surface area contributed by atoms with Crippen molar-refractivity contribution < 1.29 is 24.0 Å². The Morgan fingerprint density at radius 3 is 2.37 bits per heavy atom. The standard InChI is InChI=1S/C19H24N2O6/c22-17(20-9-11-26-12-10-20)13-19(7-1-2-8-19)18(23)27-14-15-3-5-16(6-4-15)21(24)25/h3-6H,1-2,7-14H2. The molecule has 0 radical (unpaired) electrons. The maximum absolute atomic E-state index is 12.8. The molecule has 1 aliphatic carbocycles. The molecule has 8 heteroatoms. The number of hydrogen-bond donors (Lipinski definition) is 0. The summed E-state index contributed by atoms with van der Waals surface area (Å²) in [6.45, 7) is 2.23. The first kappa shape index (κ1) is 19.3. The molecule has 8 nitrogen and oxygen atoms in total. The first-order chi connectivity index (χ1) is 13.0. The van der Waals surface area contributed by atoms with Crippen molar-refractivity contribution >= 4 is 17.6 Å². The van der Waals surface area contributed by atoms with Crippen LogP contribution in [-0.4, -0.2) is 48.0 Å². The van der Waals surface area contributed by atoms with E-state index in [1.165, 1.54) is 12.1 Å². The minimum Gasteiger partial charge on any atom is -0.460 e. The average molecular weight is 376 g/mol. The second kappa shape index (κ2) is 8.47. The first-order valence-corrected chi connectivity index (χ1v) is 9.26. The molecule has 1 amide bonds. The zero-order chi connectivity index (χ0) is 19.3. The zero-order valence-corrected chi connectivity index (χ0v) is 15.2. The van der Waals surface area contributed by atoms with Gasteiger partial charge in [-0.25, -0.2) is 0 Å². The Labute approximate surface area is 157 Å². The number of benzene rings is 1. The minimum absolute atomic E-state index is 0.00607. The first-order valence-electron chi connectivity index (χ1n) is 9.26. The topological polar surface area (TPSA) is 99.0 Å². The van der Waals surface area contributed by atoms with Crippen LogP contribution >= 0.6 is 0 Å². The molecule has 0 N–H and O–H groups in total. The van der Waals surface area contributed by atoms with E-state index in [9.17, 15) is 19.7 Å². The SMILES string of the molecule is O=C(CC1(C(=O)OCc2ccc([N+](=O)[O-])cc2)CCCC1)N1CCOCC1. The lowest BCUT2D eigenvalue weighted by Gasteiger charge is -2.32. The lowest BCUT2D eigenvalue weighted by molar-refractivity contribution is -0.384. The predicted molar refractivity (Wildman–Crippen MR) is 95.8 cm³/mol. The molecular formula is C19H24N2O6. The third kappa shape index (κ3) is 4.63. The van der Waals surface area contributed by atoms with Crippen LogP contribution in [0.15, 0.2) is 24.3 Å². The monoisotopic (exact) mass is 376 g/mol. The molecule has 0 atom stereocenters. The van der Waals surface area contributed by atoms with E-state index in [4.69, 9.17) is 9.47 Å². The highest BCUT2D eigenvalue weighted by Crippen LogP contribution is 2.43. The van der Waals surface area contributed by atoms with Gasteiger partial charge in [-0.1, -0.05) is 12.8 Å². The zero-order valence-electron chi connectivity index (χ0n) is 15.2. The second-order valence-electron chi connectivity index (χ2n) is 7.16. The van der Waals surface area contributed by atoms with Crippen LogP contribution in [0.4, 0.5) is 5.69 Å². The van der Waals surface area contributed by atoms with Gasteiger partial charge in [0.2, 0.25) is 5.91 Å². The summed E-state index contributed by atoms with van der Waals surface area (Å²) >= 11 is 0. The fraction of sp³-hybridized carbons (Fsp3) is 0.579. The summed E-state index contributed by atoms with van der Waals surface area (Å²) in [5, 5.41) is 10.7. The van der Waals surface area contributed by atoms with Crippen LogP contribution in [0.2, 0.25) is 0 Å². The van der Waals surface area contributed by atoms with Gasteiger partial charge in [-0.3, -0.25) is 19.7 Å². The molecule has 1 heterocycles. The van der Waals surface area contributed by atoms with E-state index in [2.05, 4.69) is 0 Å². The van der Waals surface area contributed by atoms with Gasteiger partial charge < -0.3 is 14.4 Å². The van der Waals surface area contributed by atoms with E-state index >= 15 is 0 Å². The van der Waals surface area contributed by atoms with Gasteiger partial charge in [0.1, 0.15) is 6.61 Å². The molecule has 27 heavy (non-hydrogen) atoms. The molecule has 0 aromatic heterocycles. The number of hydrogen-bond acceptors (Lipinski definition) is 6. The number of morpholine rings is 1. The molecule has 3 rings (SSSR count). The smallest absolute Gasteiger partial charge is 0.312 e. The Morgan fingerprint density at radius 2 is 1.78 bits per heavy atom. The van der Waals surface area contributed by atoms with Crippen molar-refractivity contribution in [3.63, 3.8) is 0 Å². The number of amides is 1. The number of non-ortho nitro benzene ring substituents is 1. The molecule has 1 aliphatic heterocycles. The summed E-state index contributed by atoms with van der Waals surface area (Å²) in [7, 11) is 0. The molecule has 0 spiro atoms. The van der Waals surface area contributed by atoms with Crippen molar-refractivity contribution in [3.8, 4) is 0 Å². The van der Waals surface area contributed by atoms with Crippen molar-refractivity contribution in [2.75, 3.05) is 26.3 Å². The average Bonchev–Trinajstić information content (AvgIpc) is 3.16. The lowest BCUT2D eigenvalue weighted by atomic mass is 9.82. The highest BCUT2D eigenvalue weighted by Gasteiger charge is 2.45. The third-order valence-electron chi connectivity index (χ3n) is 5.36.